The SMILES string of the molecule is Cc1cccc(O[C@@H](C)C(=O)Nc2cccc3cccnc23)c1C. The molecule has 0 aliphatic heterocycles. The minimum Gasteiger partial charge on any atom is -0.481 e. The summed E-state index contributed by atoms with van der Waals surface area (Å²) in [6.45, 7) is 5.76. The Bertz CT molecular complexity index is 884. The van der Waals surface area contributed by atoms with E-state index in [1.165, 1.54) is 0 Å². The average Bonchev–Trinajstić information content (AvgIpc) is 2.59. The van der Waals surface area contributed by atoms with Crippen LogP contribution in [0.25, 0.3) is 10.9 Å². The number of amides is 1. The number of hydrogen-bond acceptors (Lipinski definition) is 3. The average molecular weight is 320 g/mol. The van der Waals surface area contributed by atoms with Crippen LogP contribution in [-0.4, -0.2) is 17.0 Å². The molecule has 3 aromatic rings. The molecule has 1 heterocycles. The van der Waals surface area contributed by atoms with Crippen molar-refractivity contribution in [3.63, 3.8) is 0 Å². The molecule has 24 heavy (non-hydrogen) atoms. The topological polar surface area (TPSA) is 51.2 Å². The maximum absolute atomic E-state index is 12.5. The first kappa shape index (κ1) is 16.0. The lowest BCUT2D eigenvalue weighted by Crippen LogP contribution is -2.30. The quantitative estimate of drug-likeness (QED) is 0.781. The number of nitrogens with one attached hydrogen (secondary N) is 1. The normalized spacial score (nSPS) is 12.0. The van der Waals surface area contributed by atoms with Crippen LogP contribution in [0.15, 0.2) is 54.7 Å². The van der Waals surface area contributed by atoms with E-state index in [1.54, 1.807) is 13.1 Å². The molecule has 1 N–H and O–H groups in total. The van der Waals surface area contributed by atoms with Gasteiger partial charge in [-0.05, 0) is 50.1 Å². The van der Waals surface area contributed by atoms with Crippen molar-refractivity contribution < 1.29 is 9.53 Å². The van der Waals surface area contributed by atoms with Gasteiger partial charge in [-0.2, -0.15) is 0 Å². The number of fused-ring (bicyclic) bond motifs is 1. The fourth-order valence-corrected chi connectivity index (χ4v) is 2.54. The Morgan fingerprint density at radius 1 is 1.08 bits per heavy atom. The molecule has 1 aromatic heterocycles. The summed E-state index contributed by atoms with van der Waals surface area (Å²) in [5, 5.41) is 3.90. The van der Waals surface area contributed by atoms with E-state index in [-0.39, 0.29) is 5.91 Å². The molecule has 0 aliphatic carbocycles. The lowest BCUT2D eigenvalue weighted by Gasteiger charge is -2.17. The number of carbonyl (C=O) groups excluding carboxylic acids is 1. The van der Waals surface area contributed by atoms with Gasteiger partial charge in [-0.15, -0.1) is 0 Å². The molecule has 4 heteroatoms. The third kappa shape index (κ3) is 3.23. The van der Waals surface area contributed by atoms with Gasteiger partial charge in [0.2, 0.25) is 0 Å². The number of aryl methyl sites for hydroxylation is 1. The smallest absolute Gasteiger partial charge is 0.265 e. The summed E-state index contributed by atoms with van der Waals surface area (Å²) < 4.78 is 5.84. The van der Waals surface area contributed by atoms with Crippen LogP contribution in [0.5, 0.6) is 5.75 Å². The zero-order valence-electron chi connectivity index (χ0n) is 14.0. The highest BCUT2D eigenvalue weighted by atomic mass is 16.5. The lowest BCUT2D eigenvalue weighted by atomic mass is 10.1. The van der Waals surface area contributed by atoms with Crippen molar-refractivity contribution in [2.45, 2.75) is 26.9 Å². The van der Waals surface area contributed by atoms with Gasteiger partial charge in [0.15, 0.2) is 6.10 Å². The van der Waals surface area contributed by atoms with Crippen molar-refractivity contribution in [1.29, 1.82) is 0 Å². The first-order valence-electron chi connectivity index (χ1n) is 7.94. The minimum absolute atomic E-state index is 0.200. The van der Waals surface area contributed by atoms with E-state index >= 15 is 0 Å². The molecule has 0 aliphatic rings. The molecule has 0 saturated heterocycles. The number of nitrogens with zero attached hydrogens (tertiary/aromatic N) is 1. The molecular formula is C20H20N2O2. The Hall–Kier alpha value is -2.88. The molecule has 0 unspecified atom stereocenters. The Balaban J connectivity index is 1.77. The van der Waals surface area contributed by atoms with Crippen molar-refractivity contribution in [1.82, 2.24) is 4.98 Å². The van der Waals surface area contributed by atoms with Crippen molar-refractivity contribution in [3.05, 3.63) is 65.9 Å². The van der Waals surface area contributed by atoms with E-state index < -0.39 is 6.10 Å². The Morgan fingerprint density at radius 3 is 2.67 bits per heavy atom. The number of rotatable bonds is 4. The number of carbonyl (C=O) groups is 1. The number of anilines is 1. The minimum atomic E-state index is -0.607. The second kappa shape index (κ2) is 6.71. The zero-order chi connectivity index (χ0) is 17.1. The van der Waals surface area contributed by atoms with Gasteiger partial charge in [0.1, 0.15) is 5.75 Å². The van der Waals surface area contributed by atoms with Gasteiger partial charge in [0.25, 0.3) is 5.91 Å². The van der Waals surface area contributed by atoms with Gasteiger partial charge < -0.3 is 10.1 Å². The molecule has 2 aromatic carbocycles. The Kier molecular flexibility index (Phi) is 4.47. The Morgan fingerprint density at radius 2 is 1.83 bits per heavy atom. The maximum atomic E-state index is 12.5. The van der Waals surface area contributed by atoms with Gasteiger partial charge >= 0.3 is 0 Å². The molecule has 4 nitrogen and oxygen atoms in total. The molecule has 122 valence electrons. The standard InChI is InChI=1S/C20H20N2O2/c1-13-7-4-11-18(14(13)2)24-15(3)20(23)22-17-10-5-8-16-9-6-12-21-19(16)17/h4-12,15H,1-3H3,(H,22,23)/t15-/m0/s1. The van der Waals surface area contributed by atoms with Crippen LogP contribution in [0.1, 0.15) is 18.1 Å². The largest absolute Gasteiger partial charge is 0.481 e. The van der Waals surface area contributed by atoms with Gasteiger partial charge in [-0.3, -0.25) is 9.78 Å². The number of para-hydroxylation sites is 1. The van der Waals surface area contributed by atoms with Crippen molar-refractivity contribution in [3.8, 4) is 5.75 Å². The van der Waals surface area contributed by atoms with E-state index in [4.69, 9.17) is 4.74 Å². The summed E-state index contributed by atoms with van der Waals surface area (Å²) in [7, 11) is 0. The predicted octanol–water partition coefficient (Wildman–Crippen LogP) is 4.26. The van der Waals surface area contributed by atoms with Gasteiger partial charge in [0, 0.05) is 11.6 Å². The number of hydrogen-bond donors (Lipinski definition) is 1. The highest BCUT2D eigenvalue weighted by Gasteiger charge is 2.17. The van der Waals surface area contributed by atoms with E-state index in [1.807, 2.05) is 62.4 Å². The van der Waals surface area contributed by atoms with Crippen LogP contribution < -0.4 is 10.1 Å². The van der Waals surface area contributed by atoms with Gasteiger partial charge in [-0.1, -0.05) is 30.3 Å². The third-order valence-corrected chi connectivity index (χ3v) is 4.12. The van der Waals surface area contributed by atoms with Crippen LogP contribution in [0, 0.1) is 13.8 Å². The molecule has 3 rings (SSSR count). The van der Waals surface area contributed by atoms with Crippen LogP contribution in [0.4, 0.5) is 5.69 Å². The van der Waals surface area contributed by atoms with E-state index in [2.05, 4.69) is 10.3 Å². The van der Waals surface area contributed by atoms with Crippen molar-refractivity contribution >= 4 is 22.5 Å². The molecule has 0 bridgehead atoms. The van der Waals surface area contributed by atoms with E-state index in [0.717, 1.165) is 27.8 Å². The number of ether oxygens (including phenoxy) is 1. The van der Waals surface area contributed by atoms with E-state index in [9.17, 15) is 4.79 Å². The van der Waals surface area contributed by atoms with E-state index in [0.29, 0.717) is 5.69 Å². The van der Waals surface area contributed by atoms with Gasteiger partial charge in [-0.25, -0.2) is 0 Å². The lowest BCUT2D eigenvalue weighted by molar-refractivity contribution is -0.122. The van der Waals surface area contributed by atoms with Crippen molar-refractivity contribution in [2.75, 3.05) is 5.32 Å². The molecule has 1 amide bonds. The summed E-state index contributed by atoms with van der Waals surface area (Å²) in [6.07, 6.45) is 1.11. The summed E-state index contributed by atoms with van der Waals surface area (Å²) >= 11 is 0. The predicted molar refractivity (Wildman–Crippen MR) is 96.4 cm³/mol. The second-order valence-electron chi connectivity index (χ2n) is 5.83. The fraction of sp³-hybridized carbons (Fsp3) is 0.200. The monoisotopic (exact) mass is 320 g/mol. The van der Waals surface area contributed by atoms with Crippen molar-refractivity contribution in [2.24, 2.45) is 0 Å². The molecular weight excluding hydrogens is 300 g/mol. The summed E-state index contributed by atoms with van der Waals surface area (Å²) in [5.41, 5.74) is 3.64. The summed E-state index contributed by atoms with van der Waals surface area (Å²) in [5.74, 6) is 0.530. The van der Waals surface area contributed by atoms with Gasteiger partial charge in [0.05, 0.1) is 11.2 Å². The first-order valence-corrected chi connectivity index (χ1v) is 7.94. The molecule has 0 radical (unpaired) electrons. The summed E-state index contributed by atoms with van der Waals surface area (Å²) in [4.78, 5) is 16.8. The van der Waals surface area contributed by atoms with Crippen LogP contribution in [0.3, 0.4) is 0 Å². The van der Waals surface area contributed by atoms with Crippen LogP contribution in [0.2, 0.25) is 0 Å². The second-order valence-corrected chi connectivity index (χ2v) is 5.83. The number of benzene rings is 2. The maximum Gasteiger partial charge on any atom is 0.265 e. The molecule has 0 saturated carbocycles. The number of aromatic nitrogens is 1. The molecule has 0 spiro atoms. The fourth-order valence-electron chi connectivity index (χ4n) is 2.54. The van der Waals surface area contributed by atoms with Crippen LogP contribution in [-0.2, 0) is 4.79 Å². The van der Waals surface area contributed by atoms with Crippen LogP contribution >= 0.6 is 0 Å². The zero-order valence-corrected chi connectivity index (χ0v) is 14.0. The molecule has 1 atom stereocenters. The summed E-state index contributed by atoms with van der Waals surface area (Å²) in [6, 6.07) is 15.4. The highest BCUT2D eigenvalue weighted by Crippen LogP contribution is 2.23. The Labute approximate surface area is 141 Å². The molecule has 0 fully saturated rings. The highest BCUT2D eigenvalue weighted by molar-refractivity contribution is 6.01. The third-order valence-electron chi connectivity index (χ3n) is 4.12. The number of pyridine rings is 1. The first-order chi connectivity index (χ1) is 11.6.